The van der Waals surface area contributed by atoms with Gasteiger partial charge in [0.05, 0.1) is 11.3 Å². The largest absolute Gasteiger partial charge is 0.573 e. The Bertz CT molecular complexity index is 868. The first-order valence-electron chi connectivity index (χ1n) is 8.71. The number of alkyl halides is 3. The minimum atomic E-state index is -4.70. The fourth-order valence-electron chi connectivity index (χ4n) is 3.03. The molecule has 5 nitrogen and oxygen atoms in total. The van der Waals surface area contributed by atoms with Gasteiger partial charge in [0.25, 0.3) is 5.56 Å². The van der Waals surface area contributed by atoms with E-state index in [1.54, 1.807) is 12.1 Å². The second-order valence-electron chi connectivity index (χ2n) is 7.74. The van der Waals surface area contributed by atoms with Crippen LogP contribution in [-0.4, -0.2) is 27.8 Å². The van der Waals surface area contributed by atoms with Gasteiger partial charge in [-0.15, -0.1) is 13.2 Å². The summed E-state index contributed by atoms with van der Waals surface area (Å²) in [6.07, 6.45) is -4.03. The van der Waals surface area contributed by atoms with E-state index in [1.165, 1.54) is 12.1 Å². The number of rotatable bonds is 3. The van der Waals surface area contributed by atoms with Crippen molar-refractivity contribution in [2.75, 3.05) is 6.54 Å². The fraction of sp³-hybridized carbons (Fsp3) is 0.474. The van der Waals surface area contributed by atoms with Crippen LogP contribution in [0.2, 0.25) is 0 Å². The Balaban J connectivity index is 1.71. The zero-order valence-corrected chi connectivity index (χ0v) is 15.5. The third-order valence-corrected chi connectivity index (χ3v) is 4.42. The molecular formula is C19H22F3N3O2. The van der Waals surface area contributed by atoms with Crippen LogP contribution in [-0.2, 0) is 24.9 Å². The summed E-state index contributed by atoms with van der Waals surface area (Å²) in [7, 11) is 0. The molecule has 0 unspecified atom stereocenters. The van der Waals surface area contributed by atoms with Crippen LogP contribution in [0.1, 0.15) is 43.4 Å². The summed E-state index contributed by atoms with van der Waals surface area (Å²) < 4.78 is 40.6. The standard InChI is InChI=1S/C19H22F3N3O2/c1-18(2,3)17-23-15-8-9-25(11-14(15)16(26)24-17)10-12-4-6-13(7-5-12)27-19(20,21)22/h4-7H,8-11H2,1-3H3,(H,23,24,26). The van der Waals surface area contributed by atoms with Crippen LogP contribution in [0.25, 0.3) is 0 Å². The van der Waals surface area contributed by atoms with Crippen molar-refractivity contribution in [3.63, 3.8) is 0 Å². The molecule has 2 aromatic rings. The van der Waals surface area contributed by atoms with Gasteiger partial charge in [0.1, 0.15) is 11.6 Å². The van der Waals surface area contributed by atoms with Crippen molar-refractivity contribution in [1.29, 1.82) is 0 Å². The molecule has 2 heterocycles. The molecule has 1 aliphatic heterocycles. The molecule has 1 N–H and O–H groups in total. The molecule has 0 saturated heterocycles. The molecule has 0 amide bonds. The zero-order chi connectivity index (χ0) is 19.8. The third kappa shape index (κ3) is 4.88. The highest BCUT2D eigenvalue weighted by molar-refractivity contribution is 5.28. The smallest absolute Gasteiger partial charge is 0.406 e. The molecule has 8 heteroatoms. The molecule has 1 aromatic heterocycles. The lowest BCUT2D eigenvalue weighted by Gasteiger charge is -2.29. The van der Waals surface area contributed by atoms with Gasteiger partial charge in [0.2, 0.25) is 0 Å². The maximum Gasteiger partial charge on any atom is 0.573 e. The van der Waals surface area contributed by atoms with E-state index in [0.717, 1.165) is 17.8 Å². The number of hydrogen-bond acceptors (Lipinski definition) is 4. The summed E-state index contributed by atoms with van der Waals surface area (Å²) in [6, 6.07) is 5.79. The number of H-pyrrole nitrogens is 1. The molecule has 0 radical (unpaired) electrons. The summed E-state index contributed by atoms with van der Waals surface area (Å²) >= 11 is 0. The van der Waals surface area contributed by atoms with E-state index in [-0.39, 0.29) is 16.7 Å². The van der Waals surface area contributed by atoms with Crippen molar-refractivity contribution >= 4 is 0 Å². The van der Waals surface area contributed by atoms with Gasteiger partial charge in [-0.2, -0.15) is 0 Å². The van der Waals surface area contributed by atoms with Gasteiger partial charge in [-0.05, 0) is 17.7 Å². The van der Waals surface area contributed by atoms with Crippen molar-refractivity contribution in [2.24, 2.45) is 0 Å². The van der Waals surface area contributed by atoms with E-state index in [9.17, 15) is 18.0 Å². The van der Waals surface area contributed by atoms with Crippen molar-refractivity contribution in [2.45, 2.75) is 52.1 Å². The fourth-order valence-corrected chi connectivity index (χ4v) is 3.03. The molecule has 3 rings (SSSR count). The van der Waals surface area contributed by atoms with Crippen LogP contribution in [0, 0.1) is 0 Å². The van der Waals surface area contributed by atoms with Crippen LogP contribution < -0.4 is 10.3 Å². The average molecular weight is 381 g/mol. The zero-order valence-electron chi connectivity index (χ0n) is 15.5. The molecule has 0 spiro atoms. The van der Waals surface area contributed by atoms with Gasteiger partial charge in [0, 0.05) is 31.5 Å². The Morgan fingerprint density at radius 2 is 1.85 bits per heavy atom. The monoisotopic (exact) mass is 381 g/mol. The maximum atomic E-state index is 12.5. The predicted molar refractivity (Wildman–Crippen MR) is 94.5 cm³/mol. The lowest BCUT2D eigenvalue weighted by Crippen LogP contribution is -2.37. The Morgan fingerprint density at radius 3 is 2.44 bits per heavy atom. The Kier molecular flexibility index (Phi) is 5.03. The van der Waals surface area contributed by atoms with E-state index in [4.69, 9.17) is 0 Å². The topological polar surface area (TPSA) is 58.2 Å². The van der Waals surface area contributed by atoms with Crippen molar-refractivity contribution in [1.82, 2.24) is 14.9 Å². The number of benzene rings is 1. The van der Waals surface area contributed by atoms with Crippen LogP contribution in [0.15, 0.2) is 29.1 Å². The number of ether oxygens (including phenoxy) is 1. The Morgan fingerprint density at radius 1 is 1.19 bits per heavy atom. The summed E-state index contributed by atoms with van der Waals surface area (Å²) in [6.45, 7) is 7.72. The van der Waals surface area contributed by atoms with E-state index < -0.39 is 6.36 Å². The van der Waals surface area contributed by atoms with Crippen molar-refractivity contribution < 1.29 is 17.9 Å². The van der Waals surface area contributed by atoms with Gasteiger partial charge < -0.3 is 9.72 Å². The van der Waals surface area contributed by atoms with Crippen LogP contribution in [0.3, 0.4) is 0 Å². The Labute approximate surface area is 155 Å². The van der Waals surface area contributed by atoms with Crippen LogP contribution in [0.5, 0.6) is 5.75 Å². The molecular weight excluding hydrogens is 359 g/mol. The lowest BCUT2D eigenvalue weighted by atomic mass is 9.95. The normalized spacial score (nSPS) is 15.5. The third-order valence-electron chi connectivity index (χ3n) is 4.42. The molecule has 0 aliphatic carbocycles. The van der Waals surface area contributed by atoms with Crippen molar-refractivity contribution in [3.8, 4) is 5.75 Å². The molecule has 0 fully saturated rings. The summed E-state index contributed by atoms with van der Waals surface area (Å²) in [5.41, 5.74) is 1.98. The van der Waals surface area contributed by atoms with Crippen molar-refractivity contribution in [3.05, 3.63) is 57.3 Å². The molecule has 0 saturated carbocycles. The first-order valence-corrected chi connectivity index (χ1v) is 8.71. The average Bonchev–Trinajstić information content (AvgIpc) is 2.55. The molecule has 0 atom stereocenters. The van der Waals surface area contributed by atoms with E-state index in [2.05, 4.69) is 19.6 Å². The quantitative estimate of drug-likeness (QED) is 0.884. The first kappa shape index (κ1) is 19.4. The van der Waals surface area contributed by atoms with Gasteiger partial charge >= 0.3 is 6.36 Å². The molecule has 1 aliphatic rings. The summed E-state index contributed by atoms with van der Waals surface area (Å²) in [5, 5.41) is 0. The lowest BCUT2D eigenvalue weighted by molar-refractivity contribution is -0.274. The minimum absolute atomic E-state index is 0.122. The molecule has 27 heavy (non-hydrogen) atoms. The van der Waals surface area contributed by atoms with Gasteiger partial charge in [-0.3, -0.25) is 9.69 Å². The van der Waals surface area contributed by atoms with Crippen LogP contribution in [0.4, 0.5) is 13.2 Å². The second kappa shape index (κ2) is 6.99. The number of nitrogens with one attached hydrogen (secondary N) is 1. The second-order valence-corrected chi connectivity index (χ2v) is 7.74. The number of nitrogens with zero attached hydrogens (tertiary/aromatic N) is 2. The number of aromatic amines is 1. The molecule has 1 aromatic carbocycles. The number of aromatic nitrogens is 2. The number of halogens is 3. The van der Waals surface area contributed by atoms with Gasteiger partial charge in [0.15, 0.2) is 0 Å². The highest BCUT2D eigenvalue weighted by atomic mass is 19.4. The molecule has 0 bridgehead atoms. The summed E-state index contributed by atoms with van der Waals surface area (Å²) in [5.74, 6) is 0.436. The van der Waals surface area contributed by atoms with Crippen LogP contribution >= 0.6 is 0 Å². The van der Waals surface area contributed by atoms with E-state index in [1.807, 2.05) is 20.8 Å². The van der Waals surface area contributed by atoms with E-state index in [0.29, 0.717) is 30.9 Å². The first-order chi connectivity index (χ1) is 12.5. The Hall–Kier alpha value is -2.35. The summed E-state index contributed by atoms with van der Waals surface area (Å²) in [4.78, 5) is 22.0. The van der Waals surface area contributed by atoms with E-state index >= 15 is 0 Å². The highest BCUT2D eigenvalue weighted by Crippen LogP contribution is 2.24. The number of hydrogen-bond donors (Lipinski definition) is 1. The van der Waals surface area contributed by atoms with Gasteiger partial charge in [-0.25, -0.2) is 4.98 Å². The number of fused-ring (bicyclic) bond motifs is 1. The molecule has 146 valence electrons. The minimum Gasteiger partial charge on any atom is -0.406 e. The predicted octanol–water partition coefficient (Wildman–Crippen LogP) is 3.52. The van der Waals surface area contributed by atoms with Gasteiger partial charge in [-0.1, -0.05) is 32.9 Å². The SMILES string of the molecule is CC(C)(C)c1nc2c(c(=O)[nH]1)CN(Cc1ccc(OC(F)(F)F)cc1)CC2. The maximum absolute atomic E-state index is 12.5. The highest BCUT2D eigenvalue weighted by Gasteiger charge is 2.31.